The van der Waals surface area contributed by atoms with Gasteiger partial charge < -0.3 is 9.30 Å². The number of ether oxygens (including phenoxy) is 1. The molecule has 0 saturated heterocycles. The van der Waals surface area contributed by atoms with Gasteiger partial charge in [-0.25, -0.2) is 0 Å². The first-order valence-electron chi connectivity index (χ1n) is 7.36. The molecule has 0 unspecified atom stereocenters. The lowest BCUT2D eigenvalue weighted by molar-refractivity contribution is 0.350. The Hall–Kier alpha value is -1.84. The maximum absolute atomic E-state index is 5.47. The molecular weight excluding hydrogens is 250 g/mol. The van der Waals surface area contributed by atoms with Crippen LogP contribution in [0.2, 0.25) is 0 Å². The van der Waals surface area contributed by atoms with Gasteiger partial charge in [-0.2, -0.15) is 0 Å². The van der Waals surface area contributed by atoms with Gasteiger partial charge in [0, 0.05) is 6.04 Å². The Balaban J connectivity index is 2.05. The second kappa shape index (κ2) is 5.65. The van der Waals surface area contributed by atoms with Crippen molar-refractivity contribution in [2.75, 3.05) is 7.11 Å². The van der Waals surface area contributed by atoms with E-state index in [0.29, 0.717) is 6.04 Å². The Bertz CT molecular complexity index is 585. The Morgan fingerprint density at radius 3 is 2.60 bits per heavy atom. The van der Waals surface area contributed by atoms with Crippen molar-refractivity contribution in [1.29, 1.82) is 0 Å². The summed E-state index contributed by atoms with van der Waals surface area (Å²) in [5, 5.41) is 8.70. The van der Waals surface area contributed by atoms with Crippen molar-refractivity contribution in [3.63, 3.8) is 0 Å². The molecule has 1 aromatic heterocycles. The van der Waals surface area contributed by atoms with Crippen LogP contribution in [0.25, 0.3) is 11.4 Å². The predicted molar refractivity (Wildman–Crippen MR) is 78.9 cm³/mol. The summed E-state index contributed by atoms with van der Waals surface area (Å²) in [5.41, 5.74) is 1.03. The molecule has 1 heterocycles. The third kappa shape index (κ3) is 2.30. The van der Waals surface area contributed by atoms with Crippen LogP contribution in [0, 0.1) is 6.92 Å². The molecule has 0 amide bonds. The minimum Gasteiger partial charge on any atom is -0.496 e. The molecule has 1 aromatic carbocycles. The van der Waals surface area contributed by atoms with Crippen LogP contribution in [0.3, 0.4) is 0 Å². The first kappa shape index (κ1) is 13.2. The largest absolute Gasteiger partial charge is 0.496 e. The molecule has 1 aliphatic carbocycles. The number of benzene rings is 1. The molecule has 1 fully saturated rings. The van der Waals surface area contributed by atoms with Gasteiger partial charge in [-0.1, -0.05) is 31.4 Å². The summed E-state index contributed by atoms with van der Waals surface area (Å²) in [4.78, 5) is 0. The summed E-state index contributed by atoms with van der Waals surface area (Å²) in [7, 11) is 1.70. The Labute approximate surface area is 119 Å². The van der Waals surface area contributed by atoms with Gasteiger partial charge in [-0.05, 0) is 31.9 Å². The molecule has 0 spiro atoms. The fourth-order valence-corrected chi connectivity index (χ4v) is 3.16. The third-order valence-corrected chi connectivity index (χ3v) is 4.15. The maximum Gasteiger partial charge on any atom is 0.167 e. The standard InChI is InChI=1S/C16H21N3O/c1-12-17-18-16(14-10-6-7-11-15(14)20-2)19(12)13-8-4-3-5-9-13/h6-7,10-11,13H,3-5,8-9H2,1-2H3. The van der Waals surface area contributed by atoms with E-state index in [4.69, 9.17) is 4.74 Å². The van der Waals surface area contributed by atoms with Crippen LogP contribution in [0.5, 0.6) is 5.75 Å². The van der Waals surface area contributed by atoms with Gasteiger partial charge in [-0.3, -0.25) is 0 Å². The van der Waals surface area contributed by atoms with Crippen LogP contribution in [0.1, 0.15) is 44.0 Å². The van der Waals surface area contributed by atoms with E-state index in [1.807, 2.05) is 25.1 Å². The van der Waals surface area contributed by atoms with Crippen molar-refractivity contribution in [3.8, 4) is 17.1 Å². The molecule has 106 valence electrons. The lowest BCUT2D eigenvalue weighted by Crippen LogP contribution is -2.15. The van der Waals surface area contributed by atoms with Gasteiger partial charge in [0.2, 0.25) is 0 Å². The Kier molecular flexibility index (Phi) is 3.72. The molecular formula is C16H21N3O. The normalized spacial score (nSPS) is 16.3. The second-order valence-electron chi connectivity index (χ2n) is 5.43. The number of para-hydroxylation sites is 1. The summed E-state index contributed by atoms with van der Waals surface area (Å²) < 4.78 is 7.77. The Morgan fingerprint density at radius 1 is 1.10 bits per heavy atom. The number of hydrogen-bond donors (Lipinski definition) is 0. The number of hydrogen-bond acceptors (Lipinski definition) is 3. The number of methoxy groups -OCH3 is 1. The van der Waals surface area contributed by atoms with Crippen LogP contribution in [-0.2, 0) is 0 Å². The second-order valence-corrected chi connectivity index (χ2v) is 5.43. The van der Waals surface area contributed by atoms with Crippen LogP contribution >= 0.6 is 0 Å². The number of aromatic nitrogens is 3. The predicted octanol–water partition coefficient (Wildman–Crippen LogP) is 3.77. The van der Waals surface area contributed by atoms with Crippen LogP contribution in [0.4, 0.5) is 0 Å². The zero-order valence-electron chi connectivity index (χ0n) is 12.2. The van der Waals surface area contributed by atoms with Gasteiger partial charge in [0.25, 0.3) is 0 Å². The van der Waals surface area contributed by atoms with Gasteiger partial charge >= 0.3 is 0 Å². The van der Waals surface area contributed by atoms with E-state index in [0.717, 1.165) is 23.0 Å². The summed E-state index contributed by atoms with van der Waals surface area (Å²) in [6, 6.07) is 8.56. The molecule has 0 N–H and O–H groups in total. The van der Waals surface area contributed by atoms with Crippen molar-refractivity contribution in [2.24, 2.45) is 0 Å². The zero-order chi connectivity index (χ0) is 13.9. The van der Waals surface area contributed by atoms with Crippen molar-refractivity contribution < 1.29 is 4.74 Å². The summed E-state index contributed by atoms with van der Waals surface area (Å²) >= 11 is 0. The molecule has 3 rings (SSSR count). The molecule has 0 radical (unpaired) electrons. The Morgan fingerprint density at radius 2 is 1.85 bits per heavy atom. The van der Waals surface area contributed by atoms with E-state index in [1.54, 1.807) is 7.11 Å². The minimum absolute atomic E-state index is 0.527. The molecule has 1 saturated carbocycles. The third-order valence-electron chi connectivity index (χ3n) is 4.15. The topological polar surface area (TPSA) is 39.9 Å². The molecule has 0 bridgehead atoms. The molecule has 1 aliphatic rings. The van der Waals surface area contributed by atoms with Gasteiger partial charge in [-0.15, -0.1) is 10.2 Å². The summed E-state index contributed by atoms with van der Waals surface area (Å²) in [5.74, 6) is 2.79. The lowest BCUT2D eigenvalue weighted by atomic mass is 9.95. The number of aryl methyl sites for hydroxylation is 1. The minimum atomic E-state index is 0.527. The fourth-order valence-electron chi connectivity index (χ4n) is 3.16. The quantitative estimate of drug-likeness (QED) is 0.853. The molecule has 4 heteroatoms. The smallest absolute Gasteiger partial charge is 0.167 e. The highest BCUT2D eigenvalue weighted by Crippen LogP contribution is 2.35. The SMILES string of the molecule is COc1ccccc1-c1nnc(C)n1C1CCCCC1. The molecule has 20 heavy (non-hydrogen) atoms. The van der Waals surface area contributed by atoms with Gasteiger partial charge in [0.05, 0.1) is 12.7 Å². The highest BCUT2D eigenvalue weighted by molar-refractivity contribution is 5.64. The van der Waals surface area contributed by atoms with Gasteiger partial charge in [0.15, 0.2) is 5.82 Å². The number of nitrogens with zero attached hydrogens (tertiary/aromatic N) is 3. The van der Waals surface area contributed by atoms with Crippen LogP contribution < -0.4 is 4.74 Å². The van der Waals surface area contributed by atoms with Crippen molar-refractivity contribution in [1.82, 2.24) is 14.8 Å². The van der Waals surface area contributed by atoms with Crippen molar-refractivity contribution >= 4 is 0 Å². The summed E-state index contributed by atoms with van der Waals surface area (Å²) in [6.45, 7) is 2.04. The summed E-state index contributed by atoms with van der Waals surface area (Å²) in [6.07, 6.45) is 6.39. The first-order valence-corrected chi connectivity index (χ1v) is 7.36. The highest BCUT2D eigenvalue weighted by Gasteiger charge is 2.23. The average Bonchev–Trinajstić information content (AvgIpc) is 2.89. The monoisotopic (exact) mass is 271 g/mol. The van der Waals surface area contributed by atoms with E-state index in [2.05, 4.69) is 20.8 Å². The molecule has 2 aromatic rings. The molecule has 0 aliphatic heterocycles. The highest BCUT2D eigenvalue weighted by atomic mass is 16.5. The zero-order valence-corrected chi connectivity index (χ0v) is 12.2. The van der Waals surface area contributed by atoms with E-state index in [9.17, 15) is 0 Å². The molecule has 0 atom stereocenters. The number of rotatable bonds is 3. The average molecular weight is 271 g/mol. The van der Waals surface area contributed by atoms with Crippen LogP contribution in [-0.4, -0.2) is 21.9 Å². The maximum atomic E-state index is 5.47. The van der Waals surface area contributed by atoms with Crippen molar-refractivity contribution in [3.05, 3.63) is 30.1 Å². The van der Waals surface area contributed by atoms with E-state index >= 15 is 0 Å². The van der Waals surface area contributed by atoms with E-state index < -0.39 is 0 Å². The molecule has 4 nitrogen and oxygen atoms in total. The first-order chi connectivity index (χ1) is 9.81. The fraction of sp³-hybridized carbons (Fsp3) is 0.500. The van der Waals surface area contributed by atoms with Crippen LogP contribution in [0.15, 0.2) is 24.3 Å². The van der Waals surface area contributed by atoms with E-state index in [1.165, 1.54) is 32.1 Å². The van der Waals surface area contributed by atoms with Gasteiger partial charge in [0.1, 0.15) is 11.6 Å². The van der Waals surface area contributed by atoms with E-state index in [-0.39, 0.29) is 0 Å². The lowest BCUT2D eigenvalue weighted by Gasteiger charge is -2.25. The van der Waals surface area contributed by atoms with Crippen molar-refractivity contribution in [2.45, 2.75) is 45.1 Å².